The van der Waals surface area contributed by atoms with Gasteiger partial charge in [-0.15, -0.1) is 0 Å². The number of carbonyl (C=O) groups excluding carboxylic acids is 1. The van der Waals surface area contributed by atoms with E-state index in [1.54, 1.807) is 0 Å². The molecule has 0 aromatic carbocycles. The van der Waals surface area contributed by atoms with E-state index >= 15 is 0 Å². The molecule has 3 nitrogen and oxygen atoms in total. The largest absolute Gasteiger partial charge is 0.393 e. The molecule has 4 fully saturated rings. The van der Waals surface area contributed by atoms with Crippen LogP contribution in [0, 0.1) is 34.5 Å². The number of hydrogen-bond donors (Lipinski definition) is 2. The van der Waals surface area contributed by atoms with Crippen molar-refractivity contribution in [3.05, 3.63) is 0 Å². The predicted octanol–water partition coefficient (Wildman–Crippen LogP) is 2.88. The average molecular weight is 324 g/mol. The topological polar surface area (TPSA) is 57.5 Å². The second-order valence-corrected chi connectivity index (χ2v) is 9.23. The van der Waals surface area contributed by atoms with Gasteiger partial charge in [-0.25, -0.2) is 4.39 Å². The predicted molar refractivity (Wildman–Crippen MR) is 84.4 cm³/mol. The van der Waals surface area contributed by atoms with Crippen LogP contribution in [-0.4, -0.2) is 34.4 Å². The number of alkyl halides is 1. The summed E-state index contributed by atoms with van der Waals surface area (Å²) in [6.07, 6.45) is 2.57. The minimum absolute atomic E-state index is 0.0522. The van der Waals surface area contributed by atoms with Gasteiger partial charge in [0.1, 0.15) is 12.0 Å². The van der Waals surface area contributed by atoms with E-state index in [1.807, 2.05) is 6.92 Å². The van der Waals surface area contributed by atoms with Crippen LogP contribution in [0.25, 0.3) is 0 Å². The van der Waals surface area contributed by atoms with Crippen LogP contribution in [-0.2, 0) is 4.79 Å². The molecule has 2 N–H and O–H groups in total. The van der Waals surface area contributed by atoms with E-state index in [0.29, 0.717) is 32.1 Å². The molecule has 0 aliphatic heterocycles. The third kappa shape index (κ3) is 2.03. The van der Waals surface area contributed by atoms with Crippen molar-refractivity contribution in [3.8, 4) is 0 Å². The molecule has 9 unspecified atom stereocenters. The summed E-state index contributed by atoms with van der Waals surface area (Å²) in [4.78, 5) is 12.4. The fourth-order valence-corrected chi connectivity index (χ4v) is 7.15. The van der Waals surface area contributed by atoms with E-state index in [0.717, 1.165) is 12.8 Å². The standard InChI is InChI=1S/C19H29FO3/c1-18-6-5-10(20)7-13(18)14(21)8-11-12-3-4-16(23)19(12,2)9-15(22)17(11)18/h10-15,17,21-22H,3-9H2,1-2H3. The van der Waals surface area contributed by atoms with Crippen LogP contribution < -0.4 is 0 Å². The molecule has 0 bridgehead atoms. The summed E-state index contributed by atoms with van der Waals surface area (Å²) in [6.45, 7) is 4.18. The van der Waals surface area contributed by atoms with Gasteiger partial charge in [-0.05, 0) is 67.6 Å². The number of aliphatic hydroxyl groups excluding tert-OH is 2. The Morgan fingerprint density at radius 1 is 1.09 bits per heavy atom. The normalized spacial score (nSPS) is 59.2. The SMILES string of the molecule is CC12CC(O)C3C(CC(O)C4CC(F)CCC43C)C1CCC2=O. The highest BCUT2D eigenvalue weighted by atomic mass is 19.1. The number of ketones is 1. The quantitative estimate of drug-likeness (QED) is 0.720. The summed E-state index contributed by atoms with van der Waals surface area (Å²) in [5, 5.41) is 21.7. The van der Waals surface area contributed by atoms with E-state index in [-0.39, 0.29) is 34.9 Å². The van der Waals surface area contributed by atoms with Gasteiger partial charge in [-0.2, -0.15) is 0 Å². The van der Waals surface area contributed by atoms with Gasteiger partial charge in [0, 0.05) is 11.8 Å². The lowest BCUT2D eigenvalue weighted by Gasteiger charge is -2.62. The van der Waals surface area contributed by atoms with Crippen molar-refractivity contribution in [2.75, 3.05) is 0 Å². The van der Waals surface area contributed by atoms with Gasteiger partial charge >= 0.3 is 0 Å². The zero-order chi connectivity index (χ0) is 16.6. The monoisotopic (exact) mass is 324 g/mol. The summed E-state index contributed by atoms with van der Waals surface area (Å²) < 4.78 is 13.9. The van der Waals surface area contributed by atoms with E-state index in [4.69, 9.17) is 0 Å². The Hall–Kier alpha value is -0.480. The Bertz CT molecular complexity index is 523. The van der Waals surface area contributed by atoms with Gasteiger partial charge in [0.2, 0.25) is 0 Å². The third-order valence-electron chi connectivity index (χ3n) is 8.26. The van der Waals surface area contributed by atoms with Crippen molar-refractivity contribution in [1.29, 1.82) is 0 Å². The highest BCUT2D eigenvalue weighted by Gasteiger charge is 2.64. The molecular weight excluding hydrogens is 295 g/mol. The van der Waals surface area contributed by atoms with Crippen molar-refractivity contribution in [1.82, 2.24) is 0 Å². The van der Waals surface area contributed by atoms with Crippen molar-refractivity contribution >= 4 is 5.78 Å². The minimum atomic E-state index is -0.821. The van der Waals surface area contributed by atoms with Crippen LogP contribution in [0.3, 0.4) is 0 Å². The number of carbonyl (C=O) groups is 1. The lowest BCUT2D eigenvalue weighted by molar-refractivity contribution is -0.200. The average Bonchev–Trinajstić information content (AvgIpc) is 2.76. The number of halogens is 1. The summed E-state index contributed by atoms with van der Waals surface area (Å²) >= 11 is 0. The molecule has 130 valence electrons. The first-order valence-corrected chi connectivity index (χ1v) is 9.31. The van der Waals surface area contributed by atoms with Gasteiger partial charge in [0.05, 0.1) is 12.2 Å². The molecule has 4 rings (SSSR count). The fraction of sp³-hybridized carbons (Fsp3) is 0.947. The number of rotatable bonds is 0. The molecule has 23 heavy (non-hydrogen) atoms. The van der Waals surface area contributed by atoms with E-state index in [2.05, 4.69) is 6.92 Å². The maximum atomic E-state index is 13.9. The molecule has 9 atom stereocenters. The Morgan fingerprint density at radius 2 is 1.83 bits per heavy atom. The molecule has 0 spiro atoms. The zero-order valence-electron chi connectivity index (χ0n) is 14.2. The molecule has 0 aromatic rings. The van der Waals surface area contributed by atoms with Crippen LogP contribution in [0.4, 0.5) is 4.39 Å². The number of aliphatic hydroxyl groups is 2. The highest BCUT2D eigenvalue weighted by Crippen LogP contribution is 2.65. The molecule has 0 radical (unpaired) electrons. The van der Waals surface area contributed by atoms with E-state index < -0.39 is 23.8 Å². The van der Waals surface area contributed by atoms with Crippen molar-refractivity contribution in [2.45, 2.75) is 77.2 Å². The maximum absolute atomic E-state index is 13.9. The van der Waals surface area contributed by atoms with Gasteiger partial charge in [-0.1, -0.05) is 13.8 Å². The molecule has 4 aliphatic rings. The lowest BCUT2D eigenvalue weighted by Crippen LogP contribution is -2.62. The first-order valence-electron chi connectivity index (χ1n) is 9.31. The molecule has 4 saturated carbocycles. The summed E-state index contributed by atoms with van der Waals surface area (Å²) in [5.41, 5.74) is -0.613. The lowest BCUT2D eigenvalue weighted by atomic mass is 9.44. The number of hydrogen-bond acceptors (Lipinski definition) is 3. The van der Waals surface area contributed by atoms with Gasteiger partial charge in [0.15, 0.2) is 0 Å². The molecule has 4 aliphatic carbocycles. The van der Waals surface area contributed by atoms with Gasteiger partial charge in [-0.3, -0.25) is 4.79 Å². The Morgan fingerprint density at radius 3 is 2.57 bits per heavy atom. The molecule has 4 heteroatoms. The van der Waals surface area contributed by atoms with Gasteiger partial charge < -0.3 is 10.2 Å². The van der Waals surface area contributed by atoms with Crippen molar-refractivity contribution < 1.29 is 19.4 Å². The Balaban J connectivity index is 1.73. The van der Waals surface area contributed by atoms with E-state index in [1.165, 1.54) is 0 Å². The van der Waals surface area contributed by atoms with Crippen molar-refractivity contribution in [3.63, 3.8) is 0 Å². The van der Waals surface area contributed by atoms with Crippen LogP contribution in [0.2, 0.25) is 0 Å². The van der Waals surface area contributed by atoms with Crippen LogP contribution in [0.15, 0.2) is 0 Å². The molecular formula is C19H29FO3. The first-order chi connectivity index (χ1) is 10.8. The van der Waals surface area contributed by atoms with Crippen LogP contribution >= 0.6 is 0 Å². The van der Waals surface area contributed by atoms with Gasteiger partial charge in [0.25, 0.3) is 0 Å². The summed E-state index contributed by atoms with van der Waals surface area (Å²) in [5.74, 6) is 0.812. The number of fused-ring (bicyclic) bond motifs is 5. The summed E-state index contributed by atoms with van der Waals surface area (Å²) in [6, 6.07) is 0. The van der Waals surface area contributed by atoms with Crippen molar-refractivity contribution in [2.24, 2.45) is 34.5 Å². The molecule has 0 heterocycles. The number of Topliss-reactive ketones (excluding diaryl/α,β-unsaturated/α-hetero) is 1. The second kappa shape index (κ2) is 5.01. The highest BCUT2D eigenvalue weighted by molar-refractivity contribution is 5.87. The minimum Gasteiger partial charge on any atom is -0.393 e. The molecule has 0 aromatic heterocycles. The summed E-state index contributed by atoms with van der Waals surface area (Å²) in [7, 11) is 0. The second-order valence-electron chi connectivity index (χ2n) is 9.23. The fourth-order valence-electron chi connectivity index (χ4n) is 7.15. The van der Waals surface area contributed by atoms with E-state index in [9.17, 15) is 19.4 Å². The zero-order valence-corrected chi connectivity index (χ0v) is 14.2. The molecule has 0 amide bonds. The maximum Gasteiger partial charge on any atom is 0.139 e. The Kier molecular flexibility index (Phi) is 3.49. The Labute approximate surface area is 137 Å². The molecule has 0 saturated heterocycles. The van der Waals surface area contributed by atoms with Crippen LogP contribution in [0.5, 0.6) is 0 Å². The first kappa shape index (κ1) is 16.0. The van der Waals surface area contributed by atoms with Crippen LogP contribution in [0.1, 0.15) is 58.8 Å². The third-order valence-corrected chi connectivity index (χ3v) is 8.26. The smallest absolute Gasteiger partial charge is 0.139 e.